The highest BCUT2D eigenvalue weighted by Crippen LogP contribution is 2.18. The van der Waals surface area contributed by atoms with Gasteiger partial charge in [-0.1, -0.05) is 38.1 Å². The molecule has 3 N–H and O–H groups in total. The molecule has 140 valence electrons. The molecule has 0 spiro atoms. The third kappa shape index (κ3) is 4.80. The van der Waals surface area contributed by atoms with Crippen molar-refractivity contribution in [3.63, 3.8) is 0 Å². The zero-order valence-corrected chi connectivity index (χ0v) is 16.2. The van der Waals surface area contributed by atoms with Crippen molar-refractivity contribution in [3.8, 4) is 0 Å². The minimum absolute atomic E-state index is 0. The molecular formula is C20H27ClN4O. The fraction of sp³-hybridized carbons (Fsp3) is 0.450. The van der Waals surface area contributed by atoms with Crippen LogP contribution >= 0.6 is 12.4 Å². The molecule has 0 radical (unpaired) electrons. The fourth-order valence-corrected chi connectivity index (χ4v) is 3.09. The van der Waals surface area contributed by atoms with Crippen LogP contribution in [0.4, 0.5) is 0 Å². The van der Waals surface area contributed by atoms with Gasteiger partial charge in [-0.25, -0.2) is 4.98 Å². The summed E-state index contributed by atoms with van der Waals surface area (Å²) < 4.78 is 0. The number of nitrogens with two attached hydrogens (primary N) is 1. The molecule has 3 rings (SSSR count). The van der Waals surface area contributed by atoms with Gasteiger partial charge in [0.15, 0.2) is 0 Å². The van der Waals surface area contributed by atoms with E-state index in [-0.39, 0.29) is 24.4 Å². The van der Waals surface area contributed by atoms with Crippen LogP contribution in [0.2, 0.25) is 0 Å². The molecule has 0 saturated carbocycles. The molecule has 0 saturated heterocycles. The topological polar surface area (TPSA) is 80.9 Å². The highest BCUT2D eigenvalue weighted by atomic mass is 35.5. The molecule has 1 aliphatic rings. The Morgan fingerprint density at radius 3 is 2.38 bits per heavy atom. The van der Waals surface area contributed by atoms with E-state index in [1.165, 1.54) is 5.56 Å². The highest BCUT2D eigenvalue weighted by molar-refractivity contribution is 5.92. The van der Waals surface area contributed by atoms with E-state index >= 15 is 0 Å². The Hall–Kier alpha value is -1.98. The first-order valence-corrected chi connectivity index (χ1v) is 9.03. The molecule has 0 aliphatic heterocycles. The van der Waals surface area contributed by atoms with Crippen molar-refractivity contribution in [1.29, 1.82) is 0 Å². The number of hydrogen-bond acceptors (Lipinski definition) is 4. The number of nitrogens with zero attached hydrogens (tertiary/aromatic N) is 2. The van der Waals surface area contributed by atoms with Crippen LogP contribution in [0.15, 0.2) is 30.5 Å². The van der Waals surface area contributed by atoms with Crippen molar-refractivity contribution in [3.05, 3.63) is 58.7 Å². The van der Waals surface area contributed by atoms with Crippen molar-refractivity contribution in [2.75, 3.05) is 6.54 Å². The van der Waals surface area contributed by atoms with E-state index < -0.39 is 0 Å². The number of halogens is 1. The molecule has 1 atom stereocenters. The lowest BCUT2D eigenvalue weighted by molar-refractivity contribution is 0.0945. The molecule has 0 fully saturated rings. The van der Waals surface area contributed by atoms with Gasteiger partial charge in [-0.3, -0.25) is 9.78 Å². The molecule has 6 heteroatoms. The van der Waals surface area contributed by atoms with Crippen LogP contribution in [0.25, 0.3) is 0 Å². The minimum atomic E-state index is -0.240. The first-order valence-electron chi connectivity index (χ1n) is 9.03. The Morgan fingerprint density at radius 2 is 1.73 bits per heavy atom. The summed E-state index contributed by atoms with van der Waals surface area (Å²) in [6.45, 7) is 4.70. The maximum atomic E-state index is 12.3. The largest absolute Gasteiger partial charge is 0.349 e. The van der Waals surface area contributed by atoms with E-state index in [4.69, 9.17) is 5.73 Å². The summed E-state index contributed by atoms with van der Waals surface area (Å²) in [7, 11) is 0. The van der Waals surface area contributed by atoms with E-state index in [1.807, 2.05) is 12.1 Å². The van der Waals surface area contributed by atoms with E-state index in [1.54, 1.807) is 6.20 Å². The molecule has 1 amide bonds. The van der Waals surface area contributed by atoms with Gasteiger partial charge in [0, 0.05) is 12.6 Å². The Labute approximate surface area is 161 Å². The zero-order chi connectivity index (χ0) is 17.8. The van der Waals surface area contributed by atoms with Gasteiger partial charge >= 0.3 is 0 Å². The maximum absolute atomic E-state index is 12.3. The molecule has 1 aromatic heterocycles. The van der Waals surface area contributed by atoms with Gasteiger partial charge < -0.3 is 11.1 Å². The predicted molar refractivity (Wildman–Crippen MR) is 106 cm³/mol. The lowest BCUT2D eigenvalue weighted by Crippen LogP contribution is -2.32. The Balaban J connectivity index is 0.00000243. The molecule has 0 bridgehead atoms. The number of rotatable bonds is 5. The quantitative estimate of drug-likeness (QED) is 0.841. The van der Waals surface area contributed by atoms with Crippen LogP contribution in [0.5, 0.6) is 0 Å². The maximum Gasteiger partial charge on any atom is 0.271 e. The minimum Gasteiger partial charge on any atom is -0.349 e. The Bertz CT molecular complexity index is 746. The third-order valence-electron chi connectivity index (χ3n) is 4.75. The number of carbonyl (C=O) groups excluding carboxylic acids is 1. The molecule has 1 heterocycles. The van der Waals surface area contributed by atoms with Crippen LogP contribution in [0.3, 0.4) is 0 Å². The normalized spacial score (nSPS) is 14.3. The van der Waals surface area contributed by atoms with Crippen LogP contribution < -0.4 is 11.1 Å². The van der Waals surface area contributed by atoms with Crippen molar-refractivity contribution in [2.45, 2.75) is 51.5 Å². The van der Waals surface area contributed by atoms with Gasteiger partial charge in [0.25, 0.3) is 5.91 Å². The number of benzene rings is 1. The fourth-order valence-electron chi connectivity index (χ4n) is 3.09. The van der Waals surface area contributed by atoms with Gasteiger partial charge in [-0.15, -0.1) is 12.4 Å². The van der Waals surface area contributed by atoms with Gasteiger partial charge in [-0.2, -0.15) is 0 Å². The summed E-state index contributed by atoms with van der Waals surface area (Å²) in [4.78, 5) is 21.2. The number of hydrogen-bond donors (Lipinski definition) is 2. The van der Waals surface area contributed by atoms with Crippen molar-refractivity contribution >= 4 is 18.3 Å². The smallest absolute Gasteiger partial charge is 0.271 e. The Morgan fingerprint density at radius 1 is 1.12 bits per heavy atom. The summed E-state index contributed by atoms with van der Waals surface area (Å²) in [5, 5.41) is 2.87. The van der Waals surface area contributed by atoms with Gasteiger partial charge in [0.05, 0.1) is 17.6 Å². The lowest BCUT2D eigenvalue weighted by atomic mass is 9.99. The standard InChI is InChI=1S/C20H26N4O.ClH/c1-13(2)14-7-9-15(10-8-14)16(21)11-23-20(25)19-12-22-17-5-3-4-6-18(17)24-19;/h7-10,12-13,16H,3-6,11,21H2,1-2H3,(H,23,25);1H. The zero-order valence-electron chi connectivity index (χ0n) is 15.4. The SMILES string of the molecule is CC(C)c1ccc(C(N)CNC(=O)c2cnc3c(n2)CCCC3)cc1.Cl. The van der Waals surface area contributed by atoms with E-state index in [0.717, 1.165) is 42.6 Å². The number of aryl methyl sites for hydroxylation is 2. The second-order valence-corrected chi connectivity index (χ2v) is 6.99. The first kappa shape index (κ1) is 20.3. The van der Waals surface area contributed by atoms with Gasteiger partial charge in [0.2, 0.25) is 0 Å². The average Bonchev–Trinajstić information content (AvgIpc) is 2.65. The molecule has 5 nitrogen and oxygen atoms in total. The molecule has 1 aliphatic carbocycles. The molecular weight excluding hydrogens is 348 g/mol. The van der Waals surface area contributed by atoms with Crippen molar-refractivity contribution in [2.24, 2.45) is 5.73 Å². The van der Waals surface area contributed by atoms with E-state index in [0.29, 0.717) is 18.2 Å². The van der Waals surface area contributed by atoms with Crippen LogP contribution in [0, 0.1) is 0 Å². The highest BCUT2D eigenvalue weighted by Gasteiger charge is 2.16. The molecule has 1 unspecified atom stereocenters. The average molecular weight is 375 g/mol. The van der Waals surface area contributed by atoms with E-state index in [2.05, 4.69) is 41.3 Å². The van der Waals surface area contributed by atoms with Crippen LogP contribution in [0.1, 0.15) is 71.7 Å². The number of carbonyl (C=O) groups is 1. The van der Waals surface area contributed by atoms with Gasteiger partial charge in [0.1, 0.15) is 5.69 Å². The summed E-state index contributed by atoms with van der Waals surface area (Å²) in [5.74, 6) is 0.280. The van der Waals surface area contributed by atoms with Crippen molar-refractivity contribution in [1.82, 2.24) is 15.3 Å². The second kappa shape index (κ2) is 9.10. The second-order valence-electron chi connectivity index (χ2n) is 6.99. The Kier molecular flexibility index (Phi) is 7.12. The number of fused-ring (bicyclic) bond motifs is 1. The summed E-state index contributed by atoms with van der Waals surface area (Å²) >= 11 is 0. The summed E-state index contributed by atoms with van der Waals surface area (Å²) in [5.41, 5.74) is 10.9. The summed E-state index contributed by atoms with van der Waals surface area (Å²) in [6, 6.07) is 8.01. The third-order valence-corrected chi connectivity index (χ3v) is 4.75. The molecule has 2 aromatic rings. The molecule has 26 heavy (non-hydrogen) atoms. The number of aromatic nitrogens is 2. The monoisotopic (exact) mass is 374 g/mol. The number of nitrogens with one attached hydrogen (secondary N) is 1. The van der Waals surface area contributed by atoms with Crippen LogP contribution in [-0.4, -0.2) is 22.4 Å². The number of amides is 1. The van der Waals surface area contributed by atoms with Crippen molar-refractivity contribution < 1.29 is 4.79 Å². The first-order chi connectivity index (χ1) is 12.0. The van der Waals surface area contributed by atoms with Crippen LogP contribution in [-0.2, 0) is 12.8 Å². The molecule has 1 aromatic carbocycles. The lowest BCUT2D eigenvalue weighted by Gasteiger charge is -2.16. The summed E-state index contributed by atoms with van der Waals surface area (Å²) in [6.07, 6.45) is 5.71. The van der Waals surface area contributed by atoms with Gasteiger partial charge in [-0.05, 0) is 42.7 Å². The predicted octanol–water partition coefficient (Wildman–Crippen LogP) is 3.33. The van der Waals surface area contributed by atoms with E-state index in [9.17, 15) is 4.79 Å².